The number of amides is 1. The molecule has 7 heteroatoms. The number of hydrogen-bond donors (Lipinski definition) is 1. The van der Waals surface area contributed by atoms with Gasteiger partial charge in [-0.3, -0.25) is 4.79 Å². The molecule has 3 aromatic rings. The van der Waals surface area contributed by atoms with E-state index < -0.39 is 18.0 Å². The fourth-order valence-electron chi connectivity index (χ4n) is 2.94. The van der Waals surface area contributed by atoms with Gasteiger partial charge < -0.3 is 24.3 Å². The van der Waals surface area contributed by atoms with Gasteiger partial charge in [-0.15, -0.1) is 0 Å². The van der Waals surface area contributed by atoms with Crippen LogP contribution >= 0.6 is 0 Å². The van der Waals surface area contributed by atoms with Crippen molar-refractivity contribution in [2.45, 2.75) is 19.6 Å². The summed E-state index contributed by atoms with van der Waals surface area (Å²) >= 11 is 0. The Bertz CT molecular complexity index is 1050. The number of carbonyl (C=O) groups excluding carboxylic acids is 2. The number of ether oxygens (including phenoxy) is 4. The molecule has 0 aliphatic heterocycles. The summed E-state index contributed by atoms with van der Waals surface area (Å²) in [5.41, 5.74) is 1.79. The minimum atomic E-state index is -1.02. The van der Waals surface area contributed by atoms with Gasteiger partial charge in [0.05, 0.1) is 14.2 Å². The summed E-state index contributed by atoms with van der Waals surface area (Å²) in [6.07, 6.45) is -1.02. The molecule has 0 bridgehead atoms. The third kappa shape index (κ3) is 5.78. The molecule has 1 atom stereocenters. The number of carbonyl (C=O) groups is 2. The topological polar surface area (TPSA) is 83.1 Å². The molecule has 0 aliphatic carbocycles. The van der Waals surface area contributed by atoms with Gasteiger partial charge in [0.15, 0.2) is 17.6 Å². The monoisotopic (exact) mass is 435 g/mol. The molecule has 0 saturated carbocycles. The molecule has 32 heavy (non-hydrogen) atoms. The molecule has 0 aliphatic rings. The summed E-state index contributed by atoms with van der Waals surface area (Å²) in [5.74, 6) is 0.176. The van der Waals surface area contributed by atoms with Gasteiger partial charge >= 0.3 is 5.97 Å². The number of rotatable bonds is 9. The second-order valence-corrected chi connectivity index (χ2v) is 6.88. The fourth-order valence-corrected chi connectivity index (χ4v) is 2.94. The molecule has 1 amide bonds. The summed E-state index contributed by atoms with van der Waals surface area (Å²) in [4.78, 5) is 25.0. The number of para-hydroxylation sites is 1. The Morgan fingerprint density at radius 1 is 0.875 bits per heavy atom. The Labute approximate surface area is 186 Å². The summed E-state index contributed by atoms with van der Waals surface area (Å²) < 4.78 is 21.5. The number of anilines is 1. The highest BCUT2D eigenvalue weighted by Crippen LogP contribution is 2.31. The fraction of sp³-hybridized carbons (Fsp3) is 0.200. The third-order valence-electron chi connectivity index (χ3n) is 4.65. The van der Waals surface area contributed by atoms with E-state index in [1.165, 1.54) is 21.1 Å². The van der Waals surface area contributed by atoms with E-state index in [0.717, 1.165) is 5.56 Å². The lowest BCUT2D eigenvalue weighted by Crippen LogP contribution is -2.30. The zero-order chi connectivity index (χ0) is 22.9. The minimum Gasteiger partial charge on any atom is -0.493 e. The van der Waals surface area contributed by atoms with E-state index in [1.807, 2.05) is 30.3 Å². The first-order valence-electron chi connectivity index (χ1n) is 10.0. The van der Waals surface area contributed by atoms with Crippen molar-refractivity contribution in [2.24, 2.45) is 0 Å². The van der Waals surface area contributed by atoms with Crippen molar-refractivity contribution >= 4 is 17.6 Å². The number of esters is 1. The number of nitrogens with one attached hydrogen (secondary N) is 1. The van der Waals surface area contributed by atoms with E-state index in [4.69, 9.17) is 18.9 Å². The maximum absolute atomic E-state index is 12.5. The van der Waals surface area contributed by atoms with Crippen molar-refractivity contribution in [1.82, 2.24) is 0 Å². The predicted molar refractivity (Wildman–Crippen MR) is 120 cm³/mol. The molecule has 0 spiro atoms. The van der Waals surface area contributed by atoms with Gasteiger partial charge in [-0.2, -0.15) is 0 Å². The van der Waals surface area contributed by atoms with E-state index >= 15 is 0 Å². The van der Waals surface area contributed by atoms with Crippen molar-refractivity contribution in [3.05, 3.63) is 83.9 Å². The normalized spacial score (nSPS) is 11.2. The number of hydrogen-bond acceptors (Lipinski definition) is 6. The Morgan fingerprint density at radius 3 is 2.25 bits per heavy atom. The van der Waals surface area contributed by atoms with Crippen LogP contribution in [-0.2, 0) is 16.1 Å². The van der Waals surface area contributed by atoms with E-state index in [2.05, 4.69) is 5.32 Å². The lowest BCUT2D eigenvalue weighted by atomic mass is 10.2. The van der Waals surface area contributed by atoms with Crippen LogP contribution in [-0.4, -0.2) is 32.2 Å². The number of methoxy groups -OCH3 is 2. The lowest BCUT2D eigenvalue weighted by Gasteiger charge is -2.16. The van der Waals surface area contributed by atoms with Crippen molar-refractivity contribution < 1.29 is 28.5 Å². The van der Waals surface area contributed by atoms with Crippen LogP contribution in [0.3, 0.4) is 0 Å². The molecule has 1 N–H and O–H groups in total. The summed E-state index contributed by atoms with van der Waals surface area (Å²) in [7, 11) is 2.90. The van der Waals surface area contributed by atoms with Gasteiger partial charge in [-0.25, -0.2) is 4.79 Å². The minimum absolute atomic E-state index is 0.173. The van der Waals surface area contributed by atoms with E-state index in [0.29, 0.717) is 23.8 Å². The molecule has 0 saturated heterocycles. The standard InChI is InChI=1S/C25H25NO6/c1-17(32-25(28)21-10-7-11-22(29-2)23(21)30-3)24(27)26-19-12-14-20(15-13-19)31-16-18-8-5-4-6-9-18/h4-15,17H,16H2,1-3H3,(H,26,27). The van der Waals surface area contributed by atoms with Crippen LogP contribution < -0.4 is 19.5 Å². The molecular weight excluding hydrogens is 410 g/mol. The average molecular weight is 435 g/mol. The summed E-state index contributed by atoms with van der Waals surface area (Å²) in [6, 6.07) is 21.6. The molecule has 0 fully saturated rings. The Balaban J connectivity index is 1.56. The van der Waals surface area contributed by atoms with Crippen molar-refractivity contribution in [3.8, 4) is 17.2 Å². The molecule has 0 aromatic heterocycles. The molecular formula is C25H25NO6. The van der Waals surface area contributed by atoms with Crippen LogP contribution in [0.1, 0.15) is 22.8 Å². The quantitative estimate of drug-likeness (QED) is 0.500. The maximum Gasteiger partial charge on any atom is 0.342 e. The van der Waals surface area contributed by atoms with Gasteiger partial charge in [-0.1, -0.05) is 36.4 Å². The van der Waals surface area contributed by atoms with Crippen LogP contribution in [0.2, 0.25) is 0 Å². The Morgan fingerprint density at radius 2 is 1.59 bits per heavy atom. The first-order valence-corrected chi connectivity index (χ1v) is 10.0. The molecule has 3 aromatic carbocycles. The van der Waals surface area contributed by atoms with Gasteiger partial charge in [-0.05, 0) is 48.9 Å². The van der Waals surface area contributed by atoms with Crippen molar-refractivity contribution in [3.63, 3.8) is 0 Å². The lowest BCUT2D eigenvalue weighted by molar-refractivity contribution is -0.123. The van der Waals surface area contributed by atoms with Gasteiger partial charge in [0.1, 0.15) is 17.9 Å². The van der Waals surface area contributed by atoms with E-state index in [1.54, 1.807) is 42.5 Å². The maximum atomic E-state index is 12.5. The third-order valence-corrected chi connectivity index (χ3v) is 4.65. The van der Waals surface area contributed by atoms with Crippen LogP contribution in [0, 0.1) is 0 Å². The molecule has 1 unspecified atom stereocenters. The first-order chi connectivity index (χ1) is 15.5. The second-order valence-electron chi connectivity index (χ2n) is 6.88. The molecule has 166 valence electrons. The molecule has 0 heterocycles. The predicted octanol–water partition coefficient (Wildman–Crippen LogP) is 4.47. The SMILES string of the molecule is COc1cccc(C(=O)OC(C)C(=O)Nc2ccc(OCc3ccccc3)cc2)c1OC. The average Bonchev–Trinajstić information content (AvgIpc) is 2.83. The van der Waals surface area contributed by atoms with Crippen LogP contribution in [0.15, 0.2) is 72.8 Å². The van der Waals surface area contributed by atoms with E-state index in [9.17, 15) is 9.59 Å². The Kier molecular flexibility index (Phi) is 7.70. The van der Waals surface area contributed by atoms with Gasteiger partial charge in [0.25, 0.3) is 5.91 Å². The highest BCUT2D eigenvalue weighted by Gasteiger charge is 2.23. The van der Waals surface area contributed by atoms with Crippen LogP contribution in [0.5, 0.6) is 17.2 Å². The first kappa shape index (κ1) is 22.7. The van der Waals surface area contributed by atoms with Crippen LogP contribution in [0.25, 0.3) is 0 Å². The van der Waals surface area contributed by atoms with Gasteiger partial charge in [0, 0.05) is 5.69 Å². The molecule has 7 nitrogen and oxygen atoms in total. The highest BCUT2D eigenvalue weighted by molar-refractivity contribution is 5.98. The summed E-state index contributed by atoms with van der Waals surface area (Å²) in [5, 5.41) is 2.72. The second kappa shape index (κ2) is 10.9. The zero-order valence-corrected chi connectivity index (χ0v) is 18.2. The largest absolute Gasteiger partial charge is 0.493 e. The molecule has 0 radical (unpaired) electrons. The smallest absolute Gasteiger partial charge is 0.342 e. The van der Waals surface area contributed by atoms with Gasteiger partial charge in [0.2, 0.25) is 0 Å². The van der Waals surface area contributed by atoms with Crippen LogP contribution in [0.4, 0.5) is 5.69 Å². The van der Waals surface area contributed by atoms with Crippen molar-refractivity contribution in [2.75, 3.05) is 19.5 Å². The highest BCUT2D eigenvalue weighted by atomic mass is 16.6. The van der Waals surface area contributed by atoms with E-state index in [-0.39, 0.29) is 11.3 Å². The Hall–Kier alpha value is -4.00. The molecule has 3 rings (SSSR count). The number of benzene rings is 3. The van der Waals surface area contributed by atoms with Crippen molar-refractivity contribution in [1.29, 1.82) is 0 Å². The zero-order valence-electron chi connectivity index (χ0n) is 18.2. The summed E-state index contributed by atoms with van der Waals surface area (Å²) in [6.45, 7) is 1.95.